The van der Waals surface area contributed by atoms with Crippen molar-refractivity contribution in [2.45, 2.75) is 70.0 Å². The van der Waals surface area contributed by atoms with Crippen molar-refractivity contribution in [3.05, 3.63) is 0 Å². The second kappa shape index (κ2) is 5.31. The van der Waals surface area contributed by atoms with Crippen LogP contribution in [0.2, 0.25) is 0 Å². The fourth-order valence-corrected chi connectivity index (χ4v) is 2.83. The van der Waals surface area contributed by atoms with Gasteiger partial charge in [-0.1, -0.05) is 25.7 Å². The summed E-state index contributed by atoms with van der Waals surface area (Å²) < 4.78 is 0. The fraction of sp³-hybridized carbons (Fsp3) is 1.00. The van der Waals surface area contributed by atoms with Gasteiger partial charge in [-0.2, -0.15) is 0 Å². The Morgan fingerprint density at radius 1 is 0.933 bits per heavy atom. The van der Waals surface area contributed by atoms with E-state index in [4.69, 9.17) is 0 Å². The third kappa shape index (κ3) is 3.76. The van der Waals surface area contributed by atoms with Gasteiger partial charge in [-0.3, -0.25) is 0 Å². The Morgan fingerprint density at radius 3 is 2.20 bits per heavy atom. The SMILES string of the molecule is OC(CCC(O)C1CC1)CC1CCCC1. The summed E-state index contributed by atoms with van der Waals surface area (Å²) in [6, 6.07) is 0. The zero-order chi connectivity index (χ0) is 10.7. The molecule has 2 N–H and O–H groups in total. The lowest BCUT2D eigenvalue weighted by molar-refractivity contribution is 0.0884. The van der Waals surface area contributed by atoms with Gasteiger partial charge < -0.3 is 10.2 Å². The zero-order valence-electron chi connectivity index (χ0n) is 9.57. The lowest BCUT2D eigenvalue weighted by atomic mass is 9.96. The highest BCUT2D eigenvalue weighted by atomic mass is 16.3. The first-order valence-corrected chi connectivity index (χ1v) is 6.62. The highest BCUT2D eigenvalue weighted by Crippen LogP contribution is 2.35. The van der Waals surface area contributed by atoms with Crippen LogP contribution in [0.5, 0.6) is 0 Å². The number of aliphatic hydroxyl groups excluding tert-OH is 2. The van der Waals surface area contributed by atoms with E-state index in [1.807, 2.05) is 0 Å². The van der Waals surface area contributed by atoms with Gasteiger partial charge in [0, 0.05) is 0 Å². The first-order chi connectivity index (χ1) is 7.25. The molecule has 2 aliphatic rings. The number of aliphatic hydroxyl groups is 2. The van der Waals surface area contributed by atoms with Crippen LogP contribution in [0, 0.1) is 11.8 Å². The minimum absolute atomic E-state index is 0.136. The van der Waals surface area contributed by atoms with E-state index in [0.29, 0.717) is 5.92 Å². The minimum atomic E-state index is -0.165. The molecule has 0 aromatic rings. The standard InChI is InChI=1S/C13H24O2/c14-12(9-10-3-1-2-4-10)7-8-13(15)11-5-6-11/h10-15H,1-9H2. The molecule has 0 aromatic heterocycles. The third-order valence-electron chi connectivity index (χ3n) is 4.04. The van der Waals surface area contributed by atoms with Crippen LogP contribution in [0.3, 0.4) is 0 Å². The highest BCUT2D eigenvalue weighted by molar-refractivity contribution is 4.81. The summed E-state index contributed by atoms with van der Waals surface area (Å²) in [5.41, 5.74) is 0. The molecular formula is C13H24O2. The Hall–Kier alpha value is -0.0800. The van der Waals surface area contributed by atoms with Crippen molar-refractivity contribution in [1.82, 2.24) is 0 Å². The van der Waals surface area contributed by atoms with Crippen molar-refractivity contribution in [1.29, 1.82) is 0 Å². The number of hydrogen-bond acceptors (Lipinski definition) is 2. The summed E-state index contributed by atoms with van der Waals surface area (Å²) in [6.45, 7) is 0. The van der Waals surface area contributed by atoms with E-state index in [2.05, 4.69) is 0 Å². The van der Waals surface area contributed by atoms with E-state index in [1.54, 1.807) is 0 Å². The van der Waals surface area contributed by atoms with Crippen LogP contribution in [-0.2, 0) is 0 Å². The average Bonchev–Trinajstić information content (AvgIpc) is 2.95. The van der Waals surface area contributed by atoms with Gasteiger partial charge in [-0.05, 0) is 43.9 Å². The Kier molecular flexibility index (Phi) is 4.04. The van der Waals surface area contributed by atoms with Crippen molar-refractivity contribution in [2.75, 3.05) is 0 Å². The van der Waals surface area contributed by atoms with Crippen LogP contribution in [0.15, 0.2) is 0 Å². The molecule has 0 amide bonds. The van der Waals surface area contributed by atoms with E-state index in [9.17, 15) is 10.2 Å². The zero-order valence-corrected chi connectivity index (χ0v) is 9.57. The molecule has 0 radical (unpaired) electrons. The normalized spacial score (nSPS) is 26.8. The Morgan fingerprint density at radius 2 is 1.60 bits per heavy atom. The molecule has 2 heteroatoms. The van der Waals surface area contributed by atoms with Crippen molar-refractivity contribution in [3.8, 4) is 0 Å². The number of hydrogen-bond donors (Lipinski definition) is 2. The van der Waals surface area contributed by atoms with E-state index < -0.39 is 0 Å². The summed E-state index contributed by atoms with van der Waals surface area (Å²) >= 11 is 0. The summed E-state index contributed by atoms with van der Waals surface area (Å²) in [7, 11) is 0. The van der Waals surface area contributed by atoms with Crippen LogP contribution >= 0.6 is 0 Å². The molecule has 2 nitrogen and oxygen atoms in total. The molecule has 2 atom stereocenters. The van der Waals surface area contributed by atoms with Gasteiger partial charge in [0.1, 0.15) is 0 Å². The third-order valence-corrected chi connectivity index (χ3v) is 4.04. The molecule has 2 saturated carbocycles. The Labute approximate surface area is 92.7 Å². The van der Waals surface area contributed by atoms with Gasteiger partial charge in [0.05, 0.1) is 12.2 Å². The first kappa shape index (κ1) is 11.4. The molecule has 0 aromatic carbocycles. The maximum Gasteiger partial charge on any atom is 0.0569 e. The molecular weight excluding hydrogens is 188 g/mol. The molecule has 2 aliphatic carbocycles. The lowest BCUT2D eigenvalue weighted by Gasteiger charge is -2.17. The van der Waals surface area contributed by atoms with E-state index in [-0.39, 0.29) is 12.2 Å². The number of rotatable bonds is 6. The second-order valence-electron chi connectivity index (χ2n) is 5.52. The predicted molar refractivity (Wildman–Crippen MR) is 60.5 cm³/mol. The predicted octanol–water partition coefficient (Wildman–Crippen LogP) is 2.48. The van der Waals surface area contributed by atoms with Crippen molar-refractivity contribution < 1.29 is 10.2 Å². The maximum absolute atomic E-state index is 9.85. The van der Waals surface area contributed by atoms with E-state index >= 15 is 0 Å². The summed E-state index contributed by atoms with van der Waals surface area (Å²) in [5.74, 6) is 1.32. The van der Waals surface area contributed by atoms with E-state index in [0.717, 1.165) is 25.2 Å². The minimum Gasteiger partial charge on any atom is -0.393 e. The maximum atomic E-state index is 9.85. The van der Waals surface area contributed by atoms with E-state index in [1.165, 1.54) is 38.5 Å². The molecule has 15 heavy (non-hydrogen) atoms. The smallest absolute Gasteiger partial charge is 0.0569 e. The average molecular weight is 212 g/mol. The van der Waals surface area contributed by atoms with Crippen LogP contribution < -0.4 is 0 Å². The molecule has 2 rings (SSSR count). The van der Waals surface area contributed by atoms with Gasteiger partial charge in [0.2, 0.25) is 0 Å². The van der Waals surface area contributed by atoms with Gasteiger partial charge in [0.15, 0.2) is 0 Å². The van der Waals surface area contributed by atoms with Gasteiger partial charge >= 0.3 is 0 Å². The highest BCUT2D eigenvalue weighted by Gasteiger charge is 2.29. The molecule has 0 bridgehead atoms. The van der Waals surface area contributed by atoms with Crippen LogP contribution in [0.1, 0.15) is 57.8 Å². The molecule has 88 valence electrons. The summed E-state index contributed by atoms with van der Waals surface area (Å²) in [4.78, 5) is 0. The van der Waals surface area contributed by atoms with Gasteiger partial charge in [-0.25, -0.2) is 0 Å². The largest absolute Gasteiger partial charge is 0.393 e. The van der Waals surface area contributed by atoms with Crippen molar-refractivity contribution >= 4 is 0 Å². The Balaban J connectivity index is 1.56. The molecule has 0 spiro atoms. The molecule has 0 aliphatic heterocycles. The second-order valence-corrected chi connectivity index (χ2v) is 5.52. The molecule has 2 fully saturated rings. The quantitative estimate of drug-likeness (QED) is 0.710. The van der Waals surface area contributed by atoms with Gasteiger partial charge in [-0.15, -0.1) is 0 Å². The topological polar surface area (TPSA) is 40.5 Å². The van der Waals surface area contributed by atoms with Crippen molar-refractivity contribution in [2.24, 2.45) is 11.8 Å². The molecule has 0 heterocycles. The molecule has 2 unspecified atom stereocenters. The van der Waals surface area contributed by atoms with Crippen LogP contribution in [-0.4, -0.2) is 22.4 Å². The lowest BCUT2D eigenvalue weighted by Crippen LogP contribution is -2.16. The monoisotopic (exact) mass is 212 g/mol. The molecule has 0 saturated heterocycles. The first-order valence-electron chi connectivity index (χ1n) is 6.62. The fourth-order valence-electron chi connectivity index (χ4n) is 2.83. The van der Waals surface area contributed by atoms with Gasteiger partial charge in [0.25, 0.3) is 0 Å². The summed E-state index contributed by atoms with van der Waals surface area (Å²) in [6.07, 6.45) is 9.98. The Bertz CT molecular complexity index is 183. The van der Waals surface area contributed by atoms with Crippen LogP contribution in [0.4, 0.5) is 0 Å². The van der Waals surface area contributed by atoms with Crippen LogP contribution in [0.25, 0.3) is 0 Å². The van der Waals surface area contributed by atoms with Crippen molar-refractivity contribution in [3.63, 3.8) is 0 Å². The summed E-state index contributed by atoms with van der Waals surface area (Å²) in [5, 5.41) is 19.5.